The lowest BCUT2D eigenvalue weighted by Gasteiger charge is -2.41. The van der Waals surface area contributed by atoms with Crippen LogP contribution < -0.4 is 0 Å². The van der Waals surface area contributed by atoms with E-state index in [-0.39, 0.29) is 12.4 Å². The van der Waals surface area contributed by atoms with Crippen LogP contribution in [-0.4, -0.2) is 82.6 Å². The summed E-state index contributed by atoms with van der Waals surface area (Å²) < 4.78 is 8.36. The normalized spacial score (nSPS) is 27.2. The number of likely N-dealkylation sites (N-methyl/N-ethyl adjacent to an activating group) is 1. The number of imidazole rings is 1. The lowest BCUT2D eigenvalue weighted by atomic mass is 9.77. The van der Waals surface area contributed by atoms with Crippen molar-refractivity contribution in [2.24, 2.45) is 17.8 Å². The van der Waals surface area contributed by atoms with Crippen LogP contribution in [0.2, 0.25) is 0 Å². The number of amides is 1. The van der Waals surface area contributed by atoms with Gasteiger partial charge in [-0.1, -0.05) is 6.07 Å². The van der Waals surface area contributed by atoms with Gasteiger partial charge >= 0.3 is 0 Å². The van der Waals surface area contributed by atoms with Gasteiger partial charge in [-0.05, 0) is 76.6 Å². The zero-order chi connectivity index (χ0) is 22.8. The van der Waals surface area contributed by atoms with Gasteiger partial charge < -0.3 is 24.0 Å². The minimum absolute atomic E-state index is 0.0688. The minimum atomic E-state index is -0.250. The number of nitrogens with zero attached hydrogens (tertiary/aromatic N) is 4. The standard InChI is InChI=1S/C23H32N4O2.CH2O2/c1-15-5-4-6-22-24-19(13-27(15)22)23(28)26-11-17-9-20(25(2)3)21(10-18(17)12-26)29-14-16-7-8-16;2-1-3/h4-6,13,16-18,20-21H,7-12,14H2,1-3H3;1H,(H,2,3)/t17-,18+,20-,21-;/m1./s1. The fraction of sp³-hybridized carbons (Fsp3) is 0.625. The number of carbonyl (C=O) groups excluding carboxylic acids is 1. The molecule has 1 aliphatic heterocycles. The first-order chi connectivity index (χ1) is 15.4. The first-order valence-electron chi connectivity index (χ1n) is 11.5. The molecule has 3 heterocycles. The molecule has 32 heavy (non-hydrogen) atoms. The van der Waals surface area contributed by atoms with Crippen LogP contribution in [0.25, 0.3) is 5.65 Å². The molecule has 8 nitrogen and oxygen atoms in total. The Kier molecular flexibility index (Phi) is 6.81. The van der Waals surface area contributed by atoms with E-state index >= 15 is 0 Å². The van der Waals surface area contributed by atoms with E-state index < -0.39 is 0 Å². The van der Waals surface area contributed by atoms with Gasteiger partial charge in [-0.15, -0.1) is 0 Å². The van der Waals surface area contributed by atoms with E-state index in [0.29, 0.717) is 29.7 Å². The Labute approximate surface area is 189 Å². The van der Waals surface area contributed by atoms with Gasteiger partial charge in [-0.3, -0.25) is 9.59 Å². The summed E-state index contributed by atoms with van der Waals surface area (Å²) in [6.45, 7) is 4.38. The van der Waals surface area contributed by atoms with E-state index in [1.807, 2.05) is 40.6 Å². The molecule has 3 aliphatic rings. The van der Waals surface area contributed by atoms with Gasteiger partial charge in [0.15, 0.2) is 0 Å². The summed E-state index contributed by atoms with van der Waals surface area (Å²) in [6, 6.07) is 6.43. The highest BCUT2D eigenvalue weighted by Crippen LogP contribution is 2.40. The van der Waals surface area contributed by atoms with Crippen molar-refractivity contribution in [3.63, 3.8) is 0 Å². The Balaban J connectivity index is 0.000000775. The third kappa shape index (κ3) is 4.81. The highest BCUT2D eigenvalue weighted by atomic mass is 16.5. The van der Waals surface area contributed by atoms with Crippen LogP contribution in [-0.2, 0) is 9.53 Å². The van der Waals surface area contributed by atoms with Crippen molar-refractivity contribution >= 4 is 18.0 Å². The third-order valence-electron chi connectivity index (χ3n) is 7.19. The second-order valence-electron chi connectivity index (χ2n) is 9.67. The number of hydrogen-bond acceptors (Lipinski definition) is 5. The van der Waals surface area contributed by atoms with Crippen LogP contribution in [0.1, 0.15) is 41.9 Å². The van der Waals surface area contributed by atoms with Crippen molar-refractivity contribution in [2.75, 3.05) is 33.8 Å². The summed E-state index contributed by atoms with van der Waals surface area (Å²) in [5.41, 5.74) is 2.49. The Morgan fingerprint density at radius 2 is 1.94 bits per heavy atom. The quantitative estimate of drug-likeness (QED) is 0.716. The van der Waals surface area contributed by atoms with Gasteiger partial charge in [0.05, 0.1) is 6.10 Å². The number of carbonyl (C=O) groups is 2. The summed E-state index contributed by atoms with van der Waals surface area (Å²) in [7, 11) is 4.32. The van der Waals surface area contributed by atoms with Gasteiger partial charge in [0.1, 0.15) is 11.3 Å². The molecule has 5 rings (SSSR count). The molecule has 2 aromatic rings. The maximum absolute atomic E-state index is 13.2. The molecule has 3 fully saturated rings. The van der Waals surface area contributed by atoms with E-state index in [9.17, 15) is 4.79 Å². The molecule has 0 spiro atoms. The molecule has 8 heteroatoms. The summed E-state index contributed by atoms with van der Waals surface area (Å²) in [5, 5.41) is 6.89. The van der Waals surface area contributed by atoms with E-state index in [2.05, 4.69) is 24.0 Å². The van der Waals surface area contributed by atoms with E-state index in [1.165, 1.54) is 12.8 Å². The molecule has 0 bridgehead atoms. The number of likely N-dealkylation sites (tertiary alicyclic amines) is 1. The van der Waals surface area contributed by atoms with Crippen molar-refractivity contribution in [1.82, 2.24) is 19.2 Å². The molecule has 1 N–H and O–H groups in total. The van der Waals surface area contributed by atoms with Crippen molar-refractivity contribution in [2.45, 2.75) is 44.8 Å². The summed E-state index contributed by atoms with van der Waals surface area (Å²) in [5.74, 6) is 1.96. The molecule has 174 valence electrons. The maximum Gasteiger partial charge on any atom is 0.290 e. The van der Waals surface area contributed by atoms with Crippen molar-refractivity contribution < 1.29 is 19.4 Å². The minimum Gasteiger partial charge on any atom is -0.483 e. The number of carboxylic acid groups (broad SMARTS) is 1. The van der Waals surface area contributed by atoms with E-state index in [1.54, 1.807) is 0 Å². The van der Waals surface area contributed by atoms with Crippen molar-refractivity contribution in [1.29, 1.82) is 0 Å². The first kappa shape index (κ1) is 22.7. The summed E-state index contributed by atoms with van der Waals surface area (Å²) in [4.78, 5) is 30.5. The molecule has 1 amide bonds. The van der Waals surface area contributed by atoms with Crippen LogP contribution >= 0.6 is 0 Å². The number of fused-ring (bicyclic) bond motifs is 2. The predicted octanol–water partition coefficient (Wildman–Crippen LogP) is 2.55. The molecule has 2 aliphatic carbocycles. The molecule has 0 radical (unpaired) electrons. The maximum atomic E-state index is 13.2. The summed E-state index contributed by atoms with van der Waals surface area (Å²) in [6.07, 6.45) is 7.01. The zero-order valence-corrected chi connectivity index (χ0v) is 19.2. The molecule has 1 saturated heterocycles. The van der Waals surface area contributed by atoms with Crippen LogP contribution in [0.3, 0.4) is 0 Å². The molecule has 0 unspecified atom stereocenters. The van der Waals surface area contributed by atoms with Crippen LogP contribution in [0.4, 0.5) is 0 Å². The lowest BCUT2D eigenvalue weighted by molar-refractivity contribution is -0.122. The van der Waals surface area contributed by atoms with Crippen LogP contribution in [0.5, 0.6) is 0 Å². The Morgan fingerprint density at radius 3 is 2.56 bits per heavy atom. The fourth-order valence-corrected chi connectivity index (χ4v) is 5.24. The Bertz CT molecular complexity index is 955. The molecule has 2 aromatic heterocycles. The molecule has 4 atom stereocenters. The zero-order valence-electron chi connectivity index (χ0n) is 19.2. The fourth-order valence-electron chi connectivity index (χ4n) is 5.24. The third-order valence-corrected chi connectivity index (χ3v) is 7.19. The molecule has 0 aromatic carbocycles. The topological polar surface area (TPSA) is 87.4 Å². The number of ether oxygens (including phenoxy) is 1. The first-order valence-corrected chi connectivity index (χ1v) is 11.5. The van der Waals surface area contributed by atoms with Crippen LogP contribution in [0.15, 0.2) is 24.4 Å². The Hall–Kier alpha value is -2.45. The number of aromatic nitrogens is 2. The van der Waals surface area contributed by atoms with E-state index in [0.717, 1.165) is 49.8 Å². The van der Waals surface area contributed by atoms with Gasteiger partial charge in [0, 0.05) is 37.6 Å². The number of rotatable bonds is 5. The average molecular weight is 443 g/mol. The van der Waals surface area contributed by atoms with Crippen LogP contribution in [0, 0.1) is 24.7 Å². The SMILES string of the molecule is Cc1cccc2nc(C(=O)N3C[C@H]4C[C@@H](N(C)C)[C@H](OCC5CC5)C[C@H]4C3)cn12.O=CO. The second kappa shape index (κ2) is 9.58. The average Bonchev–Trinajstić information content (AvgIpc) is 3.32. The van der Waals surface area contributed by atoms with Crippen molar-refractivity contribution in [3.05, 3.63) is 35.8 Å². The lowest BCUT2D eigenvalue weighted by Crippen LogP contribution is -2.48. The number of pyridine rings is 1. The number of aryl methyl sites for hydroxylation is 1. The second-order valence-corrected chi connectivity index (χ2v) is 9.67. The molecular formula is C24H34N4O4. The summed E-state index contributed by atoms with van der Waals surface area (Å²) >= 11 is 0. The van der Waals surface area contributed by atoms with Gasteiger partial charge in [-0.2, -0.15) is 0 Å². The smallest absolute Gasteiger partial charge is 0.290 e. The van der Waals surface area contributed by atoms with Crippen molar-refractivity contribution in [3.8, 4) is 0 Å². The van der Waals surface area contributed by atoms with Gasteiger partial charge in [0.2, 0.25) is 0 Å². The monoisotopic (exact) mass is 442 g/mol. The largest absolute Gasteiger partial charge is 0.483 e. The van der Waals surface area contributed by atoms with E-state index in [4.69, 9.17) is 14.6 Å². The Morgan fingerprint density at radius 1 is 1.25 bits per heavy atom. The predicted molar refractivity (Wildman–Crippen MR) is 121 cm³/mol. The number of hydrogen-bond donors (Lipinski definition) is 1. The van der Waals surface area contributed by atoms with Gasteiger partial charge in [-0.25, -0.2) is 4.98 Å². The molecule has 2 saturated carbocycles. The highest BCUT2D eigenvalue weighted by molar-refractivity contribution is 5.93. The van der Waals surface area contributed by atoms with Gasteiger partial charge in [0.25, 0.3) is 12.4 Å². The highest BCUT2D eigenvalue weighted by Gasteiger charge is 2.45. The molecular weight excluding hydrogens is 408 g/mol.